The molecular formula is C11H5F9O4. The summed E-state index contributed by atoms with van der Waals surface area (Å²) in [4.78, 5) is 11.1. The number of ether oxygens (including phenoxy) is 2. The van der Waals surface area contributed by atoms with Gasteiger partial charge in [-0.05, 0) is 24.3 Å². The van der Waals surface area contributed by atoms with E-state index in [1.807, 2.05) is 0 Å². The second-order valence-corrected chi connectivity index (χ2v) is 4.11. The fraction of sp³-hybridized carbons (Fsp3) is 0.364. The first-order valence-electron chi connectivity index (χ1n) is 5.52. The fourth-order valence-electron chi connectivity index (χ4n) is 1.28. The minimum atomic E-state index is -6.44. The standard InChI is InChI=1S/C11H5F9O4/c12-9(13,14)8(22,10(15,16)17)7(21)23-5-1-3-6(4-2-5)24-11(18,19)20/h1-4,22H. The molecular weight excluding hydrogens is 367 g/mol. The van der Waals surface area contributed by atoms with Gasteiger partial charge in [0.1, 0.15) is 11.5 Å². The number of carbonyl (C=O) groups excluding carboxylic acids is 1. The number of benzene rings is 1. The summed E-state index contributed by atoms with van der Waals surface area (Å²) in [6, 6.07) is 1.81. The van der Waals surface area contributed by atoms with Crippen LogP contribution in [0.5, 0.6) is 11.5 Å². The maximum atomic E-state index is 12.4. The van der Waals surface area contributed by atoms with Gasteiger partial charge in [0.15, 0.2) is 0 Å². The number of hydrogen-bond acceptors (Lipinski definition) is 4. The third-order valence-electron chi connectivity index (χ3n) is 2.38. The predicted molar refractivity (Wildman–Crippen MR) is 55.8 cm³/mol. The average molecular weight is 372 g/mol. The molecule has 0 spiro atoms. The summed E-state index contributed by atoms with van der Waals surface area (Å²) in [5.41, 5.74) is -5.80. The third kappa shape index (κ3) is 4.21. The van der Waals surface area contributed by atoms with Crippen molar-refractivity contribution in [2.45, 2.75) is 24.3 Å². The van der Waals surface area contributed by atoms with E-state index in [4.69, 9.17) is 5.11 Å². The summed E-state index contributed by atoms with van der Waals surface area (Å²) in [6.45, 7) is 0. The lowest BCUT2D eigenvalue weighted by molar-refractivity contribution is -0.354. The molecule has 0 amide bonds. The SMILES string of the molecule is O=C(Oc1ccc(OC(F)(F)F)cc1)C(O)(C(F)(F)F)C(F)(F)F. The number of hydrogen-bond donors (Lipinski definition) is 1. The van der Waals surface area contributed by atoms with Crippen molar-refractivity contribution in [1.82, 2.24) is 0 Å². The van der Waals surface area contributed by atoms with Crippen LogP contribution in [0.25, 0.3) is 0 Å². The largest absolute Gasteiger partial charge is 0.573 e. The van der Waals surface area contributed by atoms with E-state index in [-0.39, 0.29) is 0 Å². The zero-order valence-electron chi connectivity index (χ0n) is 10.9. The van der Waals surface area contributed by atoms with Crippen molar-refractivity contribution in [3.63, 3.8) is 0 Å². The van der Waals surface area contributed by atoms with Crippen molar-refractivity contribution in [3.8, 4) is 11.5 Å². The van der Waals surface area contributed by atoms with Crippen LogP contribution >= 0.6 is 0 Å². The zero-order valence-corrected chi connectivity index (χ0v) is 10.9. The Morgan fingerprint density at radius 3 is 1.50 bits per heavy atom. The van der Waals surface area contributed by atoms with Gasteiger partial charge in [0, 0.05) is 0 Å². The lowest BCUT2D eigenvalue weighted by atomic mass is 10.0. The Balaban J connectivity index is 3.01. The van der Waals surface area contributed by atoms with Crippen LogP contribution in [0.3, 0.4) is 0 Å². The molecule has 1 rings (SSSR count). The van der Waals surface area contributed by atoms with Gasteiger partial charge in [-0.3, -0.25) is 0 Å². The Kier molecular flexibility index (Phi) is 4.99. The molecule has 4 nitrogen and oxygen atoms in total. The summed E-state index contributed by atoms with van der Waals surface area (Å²) in [6.07, 6.45) is -18.0. The molecule has 24 heavy (non-hydrogen) atoms. The molecule has 0 aliphatic carbocycles. The highest BCUT2D eigenvalue weighted by molar-refractivity contribution is 5.83. The topological polar surface area (TPSA) is 55.8 Å². The molecule has 0 saturated heterocycles. The summed E-state index contributed by atoms with van der Waals surface area (Å²) >= 11 is 0. The first-order chi connectivity index (χ1) is 10.6. The molecule has 0 fully saturated rings. The minimum absolute atomic E-state index is 0.437. The quantitative estimate of drug-likeness (QED) is 0.502. The normalized spacial score (nSPS) is 13.6. The van der Waals surface area contributed by atoms with Gasteiger partial charge in [0.25, 0.3) is 0 Å². The summed E-state index contributed by atoms with van der Waals surface area (Å²) in [5, 5.41) is 8.72. The predicted octanol–water partition coefficient (Wildman–Crippen LogP) is 3.35. The van der Waals surface area contributed by atoms with Crippen molar-refractivity contribution in [1.29, 1.82) is 0 Å². The number of halogens is 9. The first kappa shape index (κ1) is 19.9. The van der Waals surface area contributed by atoms with Gasteiger partial charge in [-0.25, -0.2) is 4.79 Å². The summed E-state index contributed by atoms with van der Waals surface area (Å²) < 4.78 is 117. The van der Waals surface area contributed by atoms with Gasteiger partial charge in [-0.2, -0.15) is 26.3 Å². The van der Waals surface area contributed by atoms with E-state index in [2.05, 4.69) is 9.47 Å². The van der Waals surface area contributed by atoms with Gasteiger partial charge in [0.05, 0.1) is 0 Å². The van der Waals surface area contributed by atoms with Crippen molar-refractivity contribution >= 4 is 5.97 Å². The molecule has 0 radical (unpaired) electrons. The fourth-order valence-corrected chi connectivity index (χ4v) is 1.28. The molecule has 136 valence electrons. The number of esters is 1. The van der Waals surface area contributed by atoms with E-state index >= 15 is 0 Å². The van der Waals surface area contributed by atoms with Crippen LogP contribution < -0.4 is 9.47 Å². The van der Waals surface area contributed by atoms with E-state index in [0.717, 1.165) is 0 Å². The molecule has 0 saturated carbocycles. The number of aliphatic hydroxyl groups is 1. The number of alkyl halides is 9. The van der Waals surface area contributed by atoms with Gasteiger partial charge < -0.3 is 14.6 Å². The molecule has 1 aromatic rings. The molecule has 0 unspecified atom stereocenters. The Labute approximate surface area is 126 Å². The third-order valence-corrected chi connectivity index (χ3v) is 2.38. The molecule has 0 bridgehead atoms. The van der Waals surface area contributed by atoms with Gasteiger partial charge in [-0.1, -0.05) is 0 Å². The maximum Gasteiger partial charge on any atom is 0.573 e. The molecule has 0 heterocycles. The second kappa shape index (κ2) is 6.03. The van der Waals surface area contributed by atoms with Crippen LogP contribution in [0.2, 0.25) is 0 Å². The molecule has 1 aromatic carbocycles. The minimum Gasteiger partial charge on any atom is -0.424 e. The van der Waals surface area contributed by atoms with Crippen LogP contribution in [-0.4, -0.2) is 35.4 Å². The van der Waals surface area contributed by atoms with E-state index in [1.165, 1.54) is 0 Å². The molecule has 0 aromatic heterocycles. The highest BCUT2D eigenvalue weighted by atomic mass is 19.4. The van der Waals surface area contributed by atoms with Gasteiger partial charge in [-0.15, -0.1) is 13.2 Å². The average Bonchev–Trinajstić information content (AvgIpc) is 2.35. The zero-order chi connectivity index (χ0) is 19.0. The first-order valence-corrected chi connectivity index (χ1v) is 5.52. The lowest BCUT2D eigenvalue weighted by Crippen LogP contribution is -2.63. The molecule has 0 aliphatic heterocycles. The Hall–Kier alpha value is -2.18. The van der Waals surface area contributed by atoms with E-state index in [0.29, 0.717) is 24.3 Å². The van der Waals surface area contributed by atoms with Crippen LogP contribution in [0.1, 0.15) is 0 Å². The maximum absolute atomic E-state index is 12.4. The monoisotopic (exact) mass is 372 g/mol. The molecule has 13 heteroatoms. The van der Waals surface area contributed by atoms with Crippen molar-refractivity contribution in [2.75, 3.05) is 0 Å². The smallest absolute Gasteiger partial charge is 0.424 e. The second-order valence-electron chi connectivity index (χ2n) is 4.11. The van der Waals surface area contributed by atoms with Crippen LogP contribution in [-0.2, 0) is 4.79 Å². The van der Waals surface area contributed by atoms with Crippen LogP contribution in [0.15, 0.2) is 24.3 Å². The molecule has 0 atom stereocenters. The Morgan fingerprint density at radius 1 is 0.792 bits per heavy atom. The van der Waals surface area contributed by atoms with Crippen LogP contribution in [0.4, 0.5) is 39.5 Å². The number of carbonyl (C=O) groups is 1. The highest BCUT2D eigenvalue weighted by Gasteiger charge is 2.76. The highest BCUT2D eigenvalue weighted by Crippen LogP contribution is 2.44. The summed E-state index contributed by atoms with van der Waals surface area (Å²) in [7, 11) is 0. The van der Waals surface area contributed by atoms with E-state index < -0.39 is 41.8 Å². The van der Waals surface area contributed by atoms with Crippen molar-refractivity contribution < 1.29 is 58.9 Å². The molecule has 1 N–H and O–H groups in total. The van der Waals surface area contributed by atoms with E-state index in [1.54, 1.807) is 0 Å². The van der Waals surface area contributed by atoms with Crippen molar-refractivity contribution in [3.05, 3.63) is 24.3 Å². The lowest BCUT2D eigenvalue weighted by Gasteiger charge is -2.29. The van der Waals surface area contributed by atoms with Crippen LogP contribution in [0, 0.1) is 0 Å². The summed E-state index contributed by atoms with van der Waals surface area (Å²) in [5.74, 6) is -4.97. The number of rotatable bonds is 3. The van der Waals surface area contributed by atoms with Gasteiger partial charge in [0.2, 0.25) is 0 Å². The van der Waals surface area contributed by atoms with Gasteiger partial charge >= 0.3 is 30.3 Å². The van der Waals surface area contributed by atoms with Crippen molar-refractivity contribution in [2.24, 2.45) is 0 Å². The van der Waals surface area contributed by atoms with E-state index in [9.17, 15) is 44.3 Å². The Bertz CT molecular complexity index is 571. The molecule has 0 aliphatic rings. The Morgan fingerprint density at radius 2 is 1.17 bits per heavy atom.